The van der Waals surface area contributed by atoms with E-state index in [2.05, 4.69) is 0 Å². The first-order valence-corrected chi connectivity index (χ1v) is 12.5. The van der Waals surface area contributed by atoms with Gasteiger partial charge in [-0.25, -0.2) is 0 Å². The zero-order valence-corrected chi connectivity index (χ0v) is 22.9. The molecule has 0 aromatic heterocycles. The van der Waals surface area contributed by atoms with Gasteiger partial charge in [-0.1, -0.05) is 30.3 Å². The Hall–Kier alpha value is -3.92. The van der Waals surface area contributed by atoms with Gasteiger partial charge in [-0.2, -0.15) is 0 Å². The predicted octanol–water partition coefficient (Wildman–Crippen LogP) is 3.39. The highest BCUT2D eigenvalue weighted by Gasteiger charge is 2.52. The third kappa shape index (κ3) is 8.03. The van der Waals surface area contributed by atoms with E-state index in [4.69, 9.17) is 28.4 Å². The number of carbonyl (C=O) groups is 4. The maximum Gasteiger partial charge on any atom is 0.303 e. The Bertz CT molecular complexity index is 1190. The molecule has 1 aliphatic rings. The highest BCUT2D eigenvalue weighted by molar-refractivity contribution is 5.69. The summed E-state index contributed by atoms with van der Waals surface area (Å²) in [6.45, 7) is 6.54. The fraction of sp³-hybridized carbons (Fsp3) is 0.448. The minimum Gasteiger partial charge on any atom is -0.497 e. The molecular formula is C29H34O10. The van der Waals surface area contributed by atoms with E-state index in [1.165, 1.54) is 27.7 Å². The molecule has 0 N–H and O–H groups in total. The molecule has 3 rings (SSSR count). The Morgan fingerprint density at radius 2 is 1.36 bits per heavy atom. The summed E-state index contributed by atoms with van der Waals surface area (Å²) in [5.41, 5.74) is 3.71. The molecular weight excluding hydrogens is 508 g/mol. The van der Waals surface area contributed by atoms with Crippen LogP contribution in [0.3, 0.4) is 0 Å². The first kappa shape index (κ1) is 29.6. The van der Waals surface area contributed by atoms with Gasteiger partial charge >= 0.3 is 23.9 Å². The minimum atomic E-state index is -1.22. The molecule has 0 aliphatic carbocycles. The van der Waals surface area contributed by atoms with Gasteiger partial charge in [0.25, 0.3) is 0 Å². The number of rotatable bonds is 9. The summed E-state index contributed by atoms with van der Waals surface area (Å²) in [5, 5.41) is 0. The van der Waals surface area contributed by atoms with E-state index >= 15 is 0 Å². The number of aryl methyl sites for hydroxylation is 1. The van der Waals surface area contributed by atoms with Crippen LogP contribution in [0.4, 0.5) is 0 Å². The lowest BCUT2D eigenvalue weighted by Gasteiger charge is -2.44. The van der Waals surface area contributed by atoms with Crippen molar-refractivity contribution in [3.8, 4) is 5.75 Å². The second-order valence-corrected chi connectivity index (χ2v) is 9.33. The average Bonchev–Trinajstić information content (AvgIpc) is 2.86. The molecule has 5 atom stereocenters. The number of carbonyl (C=O) groups excluding carboxylic acids is 4. The van der Waals surface area contributed by atoms with Crippen LogP contribution in [0, 0.1) is 6.92 Å². The molecule has 0 spiro atoms. The van der Waals surface area contributed by atoms with Crippen LogP contribution in [-0.2, 0) is 49.3 Å². The molecule has 10 nitrogen and oxygen atoms in total. The van der Waals surface area contributed by atoms with Crippen molar-refractivity contribution < 1.29 is 47.6 Å². The van der Waals surface area contributed by atoms with Crippen molar-refractivity contribution in [3.63, 3.8) is 0 Å². The quantitative estimate of drug-likeness (QED) is 0.344. The summed E-state index contributed by atoms with van der Waals surface area (Å²) in [7, 11) is 1.61. The summed E-state index contributed by atoms with van der Waals surface area (Å²) in [5.74, 6) is -1.81. The molecule has 1 fully saturated rings. The molecule has 0 radical (unpaired) electrons. The van der Waals surface area contributed by atoms with E-state index in [1.807, 2.05) is 49.4 Å². The first-order chi connectivity index (χ1) is 18.5. The molecule has 0 amide bonds. The number of hydrogen-bond donors (Lipinski definition) is 0. The van der Waals surface area contributed by atoms with Crippen molar-refractivity contribution in [2.75, 3.05) is 13.7 Å². The van der Waals surface area contributed by atoms with Gasteiger partial charge in [0.1, 0.15) is 24.6 Å². The van der Waals surface area contributed by atoms with Gasteiger partial charge in [-0.3, -0.25) is 19.2 Å². The van der Waals surface area contributed by atoms with Gasteiger partial charge in [-0.05, 0) is 47.7 Å². The number of benzene rings is 2. The Morgan fingerprint density at radius 3 is 1.92 bits per heavy atom. The zero-order valence-electron chi connectivity index (χ0n) is 22.9. The zero-order chi connectivity index (χ0) is 28.7. The molecule has 1 aliphatic heterocycles. The van der Waals surface area contributed by atoms with E-state index in [0.29, 0.717) is 12.0 Å². The normalized spacial score (nSPS) is 22.4. The van der Waals surface area contributed by atoms with Crippen LogP contribution >= 0.6 is 0 Å². The second kappa shape index (κ2) is 13.2. The molecule has 0 bridgehead atoms. The van der Waals surface area contributed by atoms with Crippen LogP contribution in [0.25, 0.3) is 0 Å². The first-order valence-electron chi connectivity index (χ1n) is 12.5. The van der Waals surface area contributed by atoms with Gasteiger partial charge in [-0.15, -0.1) is 0 Å². The molecule has 0 saturated carbocycles. The van der Waals surface area contributed by atoms with Gasteiger partial charge in [0, 0.05) is 27.7 Å². The van der Waals surface area contributed by atoms with Crippen molar-refractivity contribution in [1.29, 1.82) is 0 Å². The molecule has 2 aromatic rings. The topological polar surface area (TPSA) is 124 Å². The lowest BCUT2D eigenvalue weighted by molar-refractivity contribution is -0.254. The van der Waals surface area contributed by atoms with Crippen LogP contribution in [0.15, 0.2) is 42.5 Å². The number of esters is 4. The van der Waals surface area contributed by atoms with E-state index in [-0.39, 0.29) is 6.61 Å². The van der Waals surface area contributed by atoms with Crippen LogP contribution in [0.1, 0.15) is 56.1 Å². The van der Waals surface area contributed by atoms with Gasteiger partial charge in [0.15, 0.2) is 18.3 Å². The van der Waals surface area contributed by atoms with Crippen molar-refractivity contribution in [3.05, 3.63) is 64.7 Å². The summed E-state index contributed by atoms with van der Waals surface area (Å²) >= 11 is 0. The molecule has 39 heavy (non-hydrogen) atoms. The fourth-order valence-corrected chi connectivity index (χ4v) is 4.52. The van der Waals surface area contributed by atoms with Gasteiger partial charge in [0.05, 0.1) is 7.11 Å². The van der Waals surface area contributed by atoms with Gasteiger partial charge in [0.2, 0.25) is 0 Å². The lowest BCUT2D eigenvalue weighted by atomic mass is 9.88. The van der Waals surface area contributed by atoms with E-state index in [1.54, 1.807) is 7.11 Å². The molecule has 2 unspecified atom stereocenters. The summed E-state index contributed by atoms with van der Waals surface area (Å²) in [4.78, 5) is 47.8. The van der Waals surface area contributed by atoms with Crippen molar-refractivity contribution in [2.45, 2.75) is 71.6 Å². The van der Waals surface area contributed by atoms with E-state index in [0.717, 1.165) is 22.4 Å². The Labute approximate surface area is 227 Å². The predicted molar refractivity (Wildman–Crippen MR) is 138 cm³/mol. The fourth-order valence-electron chi connectivity index (χ4n) is 4.52. The minimum absolute atomic E-state index is 0.279. The van der Waals surface area contributed by atoms with Crippen molar-refractivity contribution >= 4 is 23.9 Å². The Kier molecular flexibility index (Phi) is 10.1. The highest BCUT2D eigenvalue weighted by Crippen LogP contribution is 2.38. The number of ether oxygens (including phenoxy) is 6. The number of hydrogen-bond acceptors (Lipinski definition) is 10. The maximum atomic E-state index is 12.2. The average molecular weight is 543 g/mol. The van der Waals surface area contributed by atoms with Crippen LogP contribution in [0.5, 0.6) is 5.75 Å². The van der Waals surface area contributed by atoms with Crippen LogP contribution in [0.2, 0.25) is 0 Å². The summed E-state index contributed by atoms with van der Waals surface area (Å²) in [6, 6.07) is 13.4. The van der Waals surface area contributed by atoms with Gasteiger partial charge < -0.3 is 28.4 Å². The largest absolute Gasteiger partial charge is 0.497 e. The van der Waals surface area contributed by atoms with Crippen LogP contribution < -0.4 is 4.74 Å². The SMILES string of the molecule is COc1ccc(Cc2cc([C@@H]3OC(COC(C)=O)[C@@H](OC(C)=O)C(OC(C)=O)[C@H]3OC(C)=O)ccc2C)cc1. The third-order valence-corrected chi connectivity index (χ3v) is 6.25. The molecule has 1 saturated heterocycles. The standard InChI is InChI=1S/C29H34O10/c1-16-7-10-22(14-23(16)13-21-8-11-24(34-6)12-9-21)26-28(37-19(4)32)29(38-20(5)33)27(36-18(3)31)25(39-26)15-35-17(2)30/h7-12,14,25-29H,13,15H2,1-6H3/t25?,26-,27+,28-,29?/m0/s1. The van der Waals surface area contributed by atoms with Crippen LogP contribution in [-0.4, -0.2) is 62.0 Å². The molecule has 1 heterocycles. The van der Waals surface area contributed by atoms with E-state index < -0.39 is 54.4 Å². The molecule has 210 valence electrons. The van der Waals surface area contributed by atoms with E-state index in [9.17, 15) is 19.2 Å². The maximum absolute atomic E-state index is 12.2. The van der Waals surface area contributed by atoms with Crippen molar-refractivity contribution in [2.24, 2.45) is 0 Å². The monoisotopic (exact) mass is 542 g/mol. The van der Waals surface area contributed by atoms with Crippen molar-refractivity contribution in [1.82, 2.24) is 0 Å². The summed E-state index contributed by atoms with van der Waals surface area (Å²) < 4.78 is 33.3. The second-order valence-electron chi connectivity index (χ2n) is 9.33. The highest BCUT2D eigenvalue weighted by atomic mass is 16.7. The smallest absolute Gasteiger partial charge is 0.303 e. The number of methoxy groups -OCH3 is 1. The lowest BCUT2D eigenvalue weighted by Crippen LogP contribution is -2.59. The Balaban J connectivity index is 2.05. The summed E-state index contributed by atoms with van der Waals surface area (Å²) in [6.07, 6.45) is -4.90. The molecule has 10 heteroatoms. The Morgan fingerprint density at radius 1 is 0.769 bits per heavy atom. The third-order valence-electron chi connectivity index (χ3n) is 6.25. The molecule has 2 aromatic carbocycles.